The normalized spacial score (nSPS) is 14.2. The summed E-state index contributed by atoms with van der Waals surface area (Å²) in [6.07, 6.45) is 0. The maximum atomic E-state index is 11.3. The van der Waals surface area contributed by atoms with Gasteiger partial charge in [0.2, 0.25) is 5.95 Å². The van der Waals surface area contributed by atoms with Gasteiger partial charge in [0.05, 0.1) is 27.6 Å². The van der Waals surface area contributed by atoms with Gasteiger partial charge in [-0.3, -0.25) is 24.8 Å². The maximum absolute atomic E-state index is 11.3. The van der Waals surface area contributed by atoms with Gasteiger partial charge in [-0.1, -0.05) is 41.9 Å². The molecule has 0 amide bonds. The van der Waals surface area contributed by atoms with Crippen LogP contribution in [0.25, 0.3) is 17.1 Å². The van der Waals surface area contributed by atoms with Crippen LogP contribution in [-0.4, -0.2) is 24.6 Å². The van der Waals surface area contributed by atoms with Crippen LogP contribution in [0.5, 0.6) is 0 Å². The first-order valence-corrected chi connectivity index (χ1v) is 9.81. The predicted octanol–water partition coefficient (Wildman–Crippen LogP) is 4.92. The lowest BCUT2D eigenvalue weighted by molar-refractivity contribution is -0.394. The Balaban J connectivity index is 1.72. The number of non-ortho nitro benzene ring substituents is 2. The van der Waals surface area contributed by atoms with Crippen molar-refractivity contribution in [1.82, 2.24) is 14.8 Å². The highest BCUT2D eigenvalue weighted by Gasteiger charge is 2.30. The van der Waals surface area contributed by atoms with Crippen LogP contribution >= 0.6 is 11.6 Å². The minimum atomic E-state index is -0.679. The molecular weight excluding hydrogens is 436 g/mol. The highest BCUT2D eigenvalue weighted by Crippen LogP contribution is 2.40. The second kappa shape index (κ2) is 7.43. The van der Waals surface area contributed by atoms with E-state index >= 15 is 0 Å². The van der Waals surface area contributed by atoms with E-state index in [1.807, 2.05) is 36.4 Å². The number of hydrogen-bond acceptors (Lipinski definition) is 7. The van der Waals surface area contributed by atoms with E-state index < -0.39 is 21.2 Å². The molecule has 32 heavy (non-hydrogen) atoms. The Morgan fingerprint density at radius 1 is 0.906 bits per heavy atom. The Hall–Kier alpha value is -4.31. The number of nitrogens with one attached hydrogen (secondary N) is 1. The Morgan fingerprint density at radius 2 is 1.59 bits per heavy atom. The molecule has 2 heterocycles. The third-order valence-electron chi connectivity index (χ3n) is 5.19. The molecular formula is C21H13ClN6O4. The molecule has 1 N–H and O–H groups in total. The minimum absolute atomic E-state index is 0.200. The summed E-state index contributed by atoms with van der Waals surface area (Å²) in [4.78, 5) is 21.3. The van der Waals surface area contributed by atoms with Crippen molar-refractivity contribution in [3.05, 3.63) is 103 Å². The van der Waals surface area contributed by atoms with E-state index in [4.69, 9.17) is 11.6 Å². The molecule has 0 aliphatic carbocycles. The van der Waals surface area contributed by atoms with Gasteiger partial charge < -0.3 is 5.32 Å². The van der Waals surface area contributed by atoms with Crippen LogP contribution in [0.3, 0.4) is 0 Å². The number of nitro groups is 2. The third kappa shape index (κ3) is 3.22. The lowest BCUT2D eigenvalue weighted by atomic mass is 9.95. The molecule has 3 aromatic carbocycles. The molecule has 0 saturated carbocycles. The van der Waals surface area contributed by atoms with E-state index in [9.17, 15) is 20.2 Å². The number of rotatable bonds is 4. The number of aromatic nitrogens is 3. The van der Waals surface area contributed by atoms with Crippen molar-refractivity contribution < 1.29 is 9.85 Å². The molecule has 1 aliphatic rings. The highest BCUT2D eigenvalue weighted by molar-refractivity contribution is 6.30. The van der Waals surface area contributed by atoms with Crippen LogP contribution < -0.4 is 5.32 Å². The maximum Gasteiger partial charge on any atom is 0.277 e. The van der Waals surface area contributed by atoms with Gasteiger partial charge in [-0.2, -0.15) is 0 Å². The molecule has 5 rings (SSSR count). The third-order valence-corrected chi connectivity index (χ3v) is 5.43. The van der Waals surface area contributed by atoms with Crippen LogP contribution in [-0.2, 0) is 0 Å². The van der Waals surface area contributed by atoms with E-state index in [2.05, 4.69) is 15.5 Å². The summed E-state index contributed by atoms with van der Waals surface area (Å²) in [6.45, 7) is 0. The first kappa shape index (κ1) is 19.6. The summed E-state index contributed by atoms with van der Waals surface area (Å²) in [5.74, 6) is 0.632. The quantitative estimate of drug-likeness (QED) is 0.346. The smallest absolute Gasteiger partial charge is 0.277 e. The van der Waals surface area contributed by atoms with Crippen molar-refractivity contribution in [1.29, 1.82) is 0 Å². The van der Waals surface area contributed by atoms with E-state index in [-0.39, 0.29) is 17.4 Å². The zero-order valence-corrected chi connectivity index (χ0v) is 16.9. The van der Waals surface area contributed by atoms with Gasteiger partial charge in [0.25, 0.3) is 11.4 Å². The number of nitrogens with zero attached hydrogens (tertiary/aromatic N) is 5. The minimum Gasteiger partial charge on any atom is -0.343 e. The largest absolute Gasteiger partial charge is 0.343 e. The fourth-order valence-corrected chi connectivity index (χ4v) is 3.98. The van der Waals surface area contributed by atoms with Crippen molar-refractivity contribution in [2.45, 2.75) is 6.04 Å². The van der Waals surface area contributed by atoms with Gasteiger partial charge in [0.15, 0.2) is 5.82 Å². The highest BCUT2D eigenvalue weighted by atomic mass is 35.5. The number of anilines is 1. The van der Waals surface area contributed by atoms with Crippen LogP contribution in [0, 0.1) is 20.2 Å². The summed E-state index contributed by atoms with van der Waals surface area (Å²) in [7, 11) is 0. The number of fused-ring (bicyclic) bond motifs is 3. The van der Waals surface area contributed by atoms with Crippen LogP contribution in [0.4, 0.5) is 17.3 Å². The molecule has 158 valence electrons. The molecule has 1 aliphatic heterocycles. The molecule has 11 heteroatoms. The predicted molar refractivity (Wildman–Crippen MR) is 117 cm³/mol. The first-order valence-electron chi connectivity index (χ1n) is 9.43. The topological polar surface area (TPSA) is 129 Å². The lowest BCUT2D eigenvalue weighted by Crippen LogP contribution is -2.23. The SMILES string of the molecule is O=[N+]([O-])c1cc(-c2nnc3n2-c2ccc(Cl)cc2C(c2ccccc2)N3)cc([N+](=O)[O-])c1. The number of hydrogen-bond donors (Lipinski definition) is 1. The lowest BCUT2D eigenvalue weighted by Gasteiger charge is -2.29. The molecule has 0 radical (unpaired) electrons. The van der Waals surface area contributed by atoms with E-state index in [0.717, 1.165) is 17.2 Å². The Bertz CT molecular complexity index is 1360. The van der Waals surface area contributed by atoms with Gasteiger partial charge in [-0.15, -0.1) is 10.2 Å². The summed E-state index contributed by atoms with van der Waals surface area (Å²) in [5.41, 5.74) is 1.93. The molecule has 0 saturated heterocycles. The van der Waals surface area contributed by atoms with E-state index in [1.165, 1.54) is 12.1 Å². The van der Waals surface area contributed by atoms with Gasteiger partial charge in [0.1, 0.15) is 0 Å². The van der Waals surface area contributed by atoms with Gasteiger partial charge in [-0.05, 0) is 23.8 Å². The molecule has 0 bridgehead atoms. The van der Waals surface area contributed by atoms with Gasteiger partial charge >= 0.3 is 0 Å². The van der Waals surface area contributed by atoms with Gasteiger partial charge in [-0.25, -0.2) is 0 Å². The van der Waals surface area contributed by atoms with Crippen LogP contribution in [0.1, 0.15) is 17.2 Å². The second-order valence-corrected chi connectivity index (χ2v) is 7.56. The molecule has 1 aromatic heterocycles. The molecule has 0 spiro atoms. The number of benzene rings is 3. The van der Waals surface area contributed by atoms with Crippen molar-refractivity contribution in [2.24, 2.45) is 0 Å². The second-order valence-electron chi connectivity index (χ2n) is 7.13. The van der Waals surface area contributed by atoms with Crippen molar-refractivity contribution in [3.63, 3.8) is 0 Å². The molecule has 4 aromatic rings. The Kier molecular flexibility index (Phi) is 4.56. The van der Waals surface area contributed by atoms with E-state index in [0.29, 0.717) is 16.7 Å². The van der Waals surface area contributed by atoms with Gasteiger partial charge in [0, 0.05) is 28.3 Å². The Labute approximate surface area is 185 Å². The first-order chi connectivity index (χ1) is 15.4. The van der Waals surface area contributed by atoms with Crippen molar-refractivity contribution in [3.8, 4) is 17.1 Å². The van der Waals surface area contributed by atoms with Crippen molar-refractivity contribution in [2.75, 3.05) is 5.32 Å². The standard InChI is InChI=1S/C21H13ClN6O4/c22-14-6-7-18-17(10-14)19(12-4-2-1-3-5-12)23-21-25-24-20(26(18)21)13-8-15(27(29)30)11-16(9-13)28(31)32/h1-11,19H,(H,23,25). The average molecular weight is 449 g/mol. The average Bonchev–Trinajstić information content (AvgIpc) is 3.22. The number of nitro benzene ring substituents is 2. The fourth-order valence-electron chi connectivity index (χ4n) is 3.80. The summed E-state index contributed by atoms with van der Waals surface area (Å²) in [5, 5.41) is 34.9. The molecule has 1 atom stereocenters. The zero-order valence-electron chi connectivity index (χ0n) is 16.2. The monoisotopic (exact) mass is 448 g/mol. The Morgan fingerprint density at radius 3 is 2.25 bits per heavy atom. The van der Waals surface area contributed by atoms with E-state index in [1.54, 1.807) is 16.7 Å². The summed E-state index contributed by atoms with van der Waals surface area (Å²) < 4.78 is 1.67. The van der Waals surface area contributed by atoms with Crippen molar-refractivity contribution >= 4 is 28.9 Å². The molecule has 1 unspecified atom stereocenters. The summed E-state index contributed by atoms with van der Waals surface area (Å²) >= 11 is 6.28. The zero-order chi connectivity index (χ0) is 22.4. The van der Waals surface area contributed by atoms with Crippen LogP contribution in [0.2, 0.25) is 5.02 Å². The number of halogens is 1. The summed E-state index contributed by atoms with van der Waals surface area (Å²) in [6, 6.07) is 18.2. The molecule has 10 nitrogen and oxygen atoms in total. The fraction of sp³-hybridized carbons (Fsp3) is 0.0476. The van der Waals surface area contributed by atoms with Crippen LogP contribution in [0.15, 0.2) is 66.7 Å². The molecule has 0 fully saturated rings.